The topological polar surface area (TPSA) is 134 Å². The van der Waals surface area contributed by atoms with E-state index in [9.17, 15) is 13.2 Å². The van der Waals surface area contributed by atoms with Crippen molar-refractivity contribution in [1.29, 1.82) is 0 Å². The third kappa shape index (κ3) is 5.80. The second-order valence-electron chi connectivity index (χ2n) is 6.06. The minimum atomic E-state index is -3.97. The van der Waals surface area contributed by atoms with E-state index in [0.29, 0.717) is 28.6 Å². The number of hydrogen-bond acceptors (Lipinski definition) is 9. The third-order valence-corrected chi connectivity index (χ3v) is 5.61. The molecule has 0 fully saturated rings. The number of benzene rings is 2. The Kier molecular flexibility index (Phi) is 8.67. The van der Waals surface area contributed by atoms with Crippen LogP contribution in [-0.4, -0.2) is 62.6 Å². The number of hydrogen-bond donors (Lipinski definition) is 2. The van der Waals surface area contributed by atoms with Crippen LogP contribution in [0.4, 0.5) is 0 Å². The van der Waals surface area contributed by atoms with Gasteiger partial charge in [0.05, 0.1) is 53.2 Å². The molecule has 0 saturated carbocycles. The summed E-state index contributed by atoms with van der Waals surface area (Å²) in [6.07, 6.45) is 1.33. The van der Waals surface area contributed by atoms with E-state index < -0.39 is 22.5 Å². The number of ether oxygens (including phenoxy) is 5. The number of carbonyl (C=O) groups excluding carboxylic acids is 1. The molecule has 0 radical (unpaired) electrons. The summed E-state index contributed by atoms with van der Waals surface area (Å²) in [5.74, 6) is 1.14. The molecule has 1 amide bonds. The number of rotatable bonds is 11. The van der Waals surface area contributed by atoms with Gasteiger partial charge in [0.25, 0.3) is 5.91 Å². The third-order valence-electron chi connectivity index (χ3n) is 4.22. The van der Waals surface area contributed by atoms with Gasteiger partial charge in [-0.15, -0.1) is 0 Å². The van der Waals surface area contributed by atoms with Gasteiger partial charge in [0, 0.05) is 11.6 Å². The first kappa shape index (κ1) is 24.8. The number of methoxy groups -OCH3 is 5. The quantitative estimate of drug-likeness (QED) is 0.371. The molecule has 0 bridgehead atoms. The van der Waals surface area contributed by atoms with Crippen LogP contribution in [0.2, 0.25) is 0 Å². The molecule has 0 aliphatic carbocycles. The first-order chi connectivity index (χ1) is 15.3. The molecule has 0 aliphatic rings. The first-order valence-electron chi connectivity index (χ1n) is 9.13. The molecule has 11 nitrogen and oxygen atoms in total. The zero-order chi connectivity index (χ0) is 23.7. The average molecular weight is 468 g/mol. The zero-order valence-electron chi connectivity index (χ0n) is 18.3. The van der Waals surface area contributed by atoms with Gasteiger partial charge in [0.2, 0.25) is 15.8 Å². The second kappa shape index (κ2) is 11.2. The van der Waals surface area contributed by atoms with Gasteiger partial charge in [-0.25, -0.2) is 18.6 Å². The van der Waals surface area contributed by atoms with E-state index >= 15 is 0 Å². The number of nitrogens with one attached hydrogen (secondary N) is 2. The van der Waals surface area contributed by atoms with Crippen molar-refractivity contribution in [3.63, 3.8) is 0 Å². The van der Waals surface area contributed by atoms with Crippen LogP contribution in [0.15, 0.2) is 40.3 Å². The molecular weight excluding hydrogens is 442 g/mol. The molecule has 0 unspecified atom stereocenters. The summed E-state index contributed by atoms with van der Waals surface area (Å²) in [7, 11) is 3.28. The fourth-order valence-corrected chi connectivity index (χ4v) is 3.66. The van der Waals surface area contributed by atoms with Crippen molar-refractivity contribution >= 4 is 22.1 Å². The van der Waals surface area contributed by atoms with Crippen molar-refractivity contribution in [1.82, 2.24) is 10.1 Å². The van der Waals surface area contributed by atoms with Gasteiger partial charge in [0.1, 0.15) is 0 Å². The van der Waals surface area contributed by atoms with Crippen LogP contribution in [0.1, 0.15) is 5.56 Å². The van der Waals surface area contributed by atoms with E-state index in [1.807, 2.05) is 0 Å². The van der Waals surface area contributed by atoms with Gasteiger partial charge < -0.3 is 23.7 Å². The smallest absolute Gasteiger partial charge is 0.255 e. The van der Waals surface area contributed by atoms with Crippen molar-refractivity contribution in [2.75, 3.05) is 42.1 Å². The van der Waals surface area contributed by atoms with Crippen LogP contribution >= 0.6 is 0 Å². The van der Waals surface area contributed by atoms with Gasteiger partial charge in [0.15, 0.2) is 23.0 Å². The molecule has 2 N–H and O–H groups in total. The molecule has 0 spiro atoms. The van der Waals surface area contributed by atoms with E-state index in [-0.39, 0.29) is 10.6 Å². The normalized spacial score (nSPS) is 11.2. The molecule has 0 saturated heterocycles. The first-order valence-corrected chi connectivity index (χ1v) is 10.6. The van der Waals surface area contributed by atoms with Crippen molar-refractivity contribution < 1.29 is 36.9 Å². The maximum atomic E-state index is 12.4. The monoisotopic (exact) mass is 467 g/mol. The number of hydrazone groups is 1. The summed E-state index contributed by atoms with van der Waals surface area (Å²) >= 11 is 0. The lowest BCUT2D eigenvalue weighted by atomic mass is 10.2. The number of nitrogens with zero attached hydrogens (tertiary/aromatic N) is 1. The average Bonchev–Trinajstić information content (AvgIpc) is 2.81. The highest BCUT2D eigenvalue weighted by Gasteiger charge is 2.18. The van der Waals surface area contributed by atoms with Crippen LogP contribution < -0.4 is 33.8 Å². The van der Waals surface area contributed by atoms with Crippen molar-refractivity contribution in [2.45, 2.75) is 4.90 Å². The van der Waals surface area contributed by atoms with Gasteiger partial charge in [-0.05, 0) is 24.3 Å². The Labute approximate surface area is 186 Å². The maximum Gasteiger partial charge on any atom is 0.255 e. The van der Waals surface area contributed by atoms with Crippen LogP contribution in [-0.2, 0) is 14.8 Å². The Morgan fingerprint density at radius 3 is 2.09 bits per heavy atom. The predicted octanol–water partition coefficient (Wildman–Crippen LogP) is 1.16. The molecule has 0 aliphatic heterocycles. The van der Waals surface area contributed by atoms with E-state index in [4.69, 9.17) is 23.7 Å². The highest BCUT2D eigenvalue weighted by atomic mass is 32.2. The second-order valence-corrected chi connectivity index (χ2v) is 7.83. The van der Waals surface area contributed by atoms with Crippen molar-refractivity contribution in [2.24, 2.45) is 5.10 Å². The summed E-state index contributed by atoms with van der Waals surface area (Å²) in [5.41, 5.74) is 2.76. The molecule has 2 aromatic rings. The summed E-state index contributed by atoms with van der Waals surface area (Å²) in [6, 6.07) is 7.40. The molecule has 12 heteroatoms. The van der Waals surface area contributed by atoms with Crippen LogP contribution in [0.5, 0.6) is 28.7 Å². The van der Waals surface area contributed by atoms with E-state index in [1.165, 1.54) is 60.0 Å². The van der Waals surface area contributed by atoms with Gasteiger partial charge in [-0.1, -0.05) is 0 Å². The fraction of sp³-hybridized carbons (Fsp3) is 0.300. The highest BCUT2D eigenvalue weighted by molar-refractivity contribution is 7.89. The Morgan fingerprint density at radius 2 is 1.50 bits per heavy atom. The minimum absolute atomic E-state index is 0.0819. The van der Waals surface area contributed by atoms with Gasteiger partial charge >= 0.3 is 0 Å². The van der Waals surface area contributed by atoms with E-state index in [2.05, 4.69) is 15.2 Å². The molecular formula is C20H25N3O8S. The lowest BCUT2D eigenvalue weighted by molar-refractivity contribution is -0.119. The lowest BCUT2D eigenvalue weighted by Crippen LogP contribution is -2.34. The number of amides is 1. The number of carbonyl (C=O) groups is 1. The Morgan fingerprint density at radius 1 is 0.875 bits per heavy atom. The van der Waals surface area contributed by atoms with Crippen LogP contribution in [0.25, 0.3) is 0 Å². The van der Waals surface area contributed by atoms with Gasteiger partial charge in [-0.3, -0.25) is 4.79 Å². The fourth-order valence-electron chi connectivity index (χ4n) is 2.67. The molecule has 2 aromatic carbocycles. The summed E-state index contributed by atoms with van der Waals surface area (Å²) in [4.78, 5) is 12.0. The van der Waals surface area contributed by atoms with E-state index in [1.54, 1.807) is 12.1 Å². The molecule has 0 atom stereocenters. The predicted molar refractivity (Wildman–Crippen MR) is 117 cm³/mol. The standard InChI is InChI=1S/C20H25N3O8S/c1-27-15-9-7-14(10-17(15)29-3)32(25,26)22-12-18(24)23-21-11-13-6-8-16(28-2)20(31-5)19(13)30-4/h6-11,22H,12H2,1-5H3,(H,23,24)/b21-11-. The Balaban J connectivity index is 2.04. The summed E-state index contributed by atoms with van der Waals surface area (Å²) < 4.78 is 53.1. The molecule has 0 heterocycles. The van der Waals surface area contributed by atoms with Crippen LogP contribution in [0, 0.1) is 0 Å². The highest BCUT2D eigenvalue weighted by Crippen LogP contribution is 2.39. The van der Waals surface area contributed by atoms with E-state index in [0.717, 1.165) is 0 Å². The van der Waals surface area contributed by atoms with Crippen LogP contribution in [0.3, 0.4) is 0 Å². The molecule has 32 heavy (non-hydrogen) atoms. The molecule has 2 rings (SSSR count). The minimum Gasteiger partial charge on any atom is -0.493 e. The Hall–Kier alpha value is -3.51. The van der Waals surface area contributed by atoms with Crippen molar-refractivity contribution in [3.05, 3.63) is 35.9 Å². The SMILES string of the molecule is COc1ccc(S(=O)(=O)NCC(=O)N/N=C\c2ccc(OC)c(OC)c2OC)cc1OC. The number of sulfonamides is 1. The summed E-state index contributed by atoms with van der Waals surface area (Å²) in [6.45, 7) is -0.531. The molecule has 174 valence electrons. The maximum absolute atomic E-state index is 12.4. The zero-order valence-corrected chi connectivity index (χ0v) is 19.1. The largest absolute Gasteiger partial charge is 0.493 e. The van der Waals surface area contributed by atoms with Gasteiger partial charge in [-0.2, -0.15) is 5.10 Å². The summed E-state index contributed by atoms with van der Waals surface area (Å²) in [5, 5.41) is 3.83. The Bertz CT molecular complexity index is 1090. The van der Waals surface area contributed by atoms with Crippen molar-refractivity contribution in [3.8, 4) is 28.7 Å². The lowest BCUT2D eigenvalue weighted by Gasteiger charge is -2.13. The molecule has 0 aromatic heterocycles.